The van der Waals surface area contributed by atoms with Gasteiger partial charge in [0, 0.05) is 17.4 Å². The van der Waals surface area contributed by atoms with Crippen molar-refractivity contribution >= 4 is 31.9 Å². The van der Waals surface area contributed by atoms with Crippen LogP contribution in [0.3, 0.4) is 0 Å². The van der Waals surface area contributed by atoms with Gasteiger partial charge >= 0.3 is 5.97 Å². The minimum atomic E-state index is -3.59. The number of halogens is 1. The summed E-state index contributed by atoms with van der Waals surface area (Å²) in [7, 11) is -3.59. The lowest BCUT2D eigenvalue weighted by Crippen LogP contribution is -2.29. The zero-order chi connectivity index (χ0) is 13.8. The third kappa shape index (κ3) is 4.75. The van der Waals surface area contributed by atoms with Crippen LogP contribution in [0.4, 0.5) is 0 Å². The molecule has 1 aromatic rings. The Balaban J connectivity index is 2.68. The molecule has 1 unspecified atom stereocenters. The first-order valence-electron chi connectivity index (χ1n) is 5.28. The molecule has 7 heteroatoms. The quantitative estimate of drug-likeness (QED) is 0.830. The molecule has 0 aromatic heterocycles. The molecule has 1 aromatic carbocycles. The van der Waals surface area contributed by atoms with Crippen molar-refractivity contribution in [3.05, 3.63) is 28.7 Å². The maximum Gasteiger partial charge on any atom is 0.303 e. The first-order chi connectivity index (χ1) is 8.31. The number of aliphatic carboxylic acids is 1. The predicted octanol–water partition coefficient (Wildman–Crippen LogP) is 1.84. The van der Waals surface area contributed by atoms with Crippen molar-refractivity contribution in [2.24, 2.45) is 5.92 Å². The molecular formula is C11H14BrNO4S. The number of carboxylic acids is 1. The van der Waals surface area contributed by atoms with E-state index in [0.29, 0.717) is 4.47 Å². The summed E-state index contributed by atoms with van der Waals surface area (Å²) in [5, 5.41) is 8.58. The highest BCUT2D eigenvalue weighted by molar-refractivity contribution is 9.10. The minimum Gasteiger partial charge on any atom is -0.481 e. The molecule has 5 nitrogen and oxygen atoms in total. The molecule has 2 N–H and O–H groups in total. The number of carboxylic acid groups (broad SMARTS) is 1. The van der Waals surface area contributed by atoms with Crippen molar-refractivity contribution in [1.29, 1.82) is 0 Å². The largest absolute Gasteiger partial charge is 0.481 e. The van der Waals surface area contributed by atoms with Crippen LogP contribution in [0.2, 0.25) is 0 Å². The van der Waals surface area contributed by atoms with E-state index in [-0.39, 0.29) is 23.8 Å². The van der Waals surface area contributed by atoms with Crippen LogP contribution in [0, 0.1) is 5.92 Å². The lowest BCUT2D eigenvalue weighted by molar-refractivity contribution is -0.137. The second-order valence-corrected chi connectivity index (χ2v) is 6.69. The van der Waals surface area contributed by atoms with Crippen LogP contribution in [0.15, 0.2) is 33.6 Å². The van der Waals surface area contributed by atoms with E-state index in [2.05, 4.69) is 20.7 Å². The maximum atomic E-state index is 11.9. The van der Waals surface area contributed by atoms with E-state index in [1.54, 1.807) is 19.1 Å². The molecule has 0 saturated carbocycles. The van der Waals surface area contributed by atoms with E-state index in [1.165, 1.54) is 12.1 Å². The lowest BCUT2D eigenvalue weighted by atomic mass is 10.1. The van der Waals surface area contributed by atoms with Gasteiger partial charge in [0.15, 0.2) is 0 Å². The first kappa shape index (κ1) is 15.1. The molecule has 0 heterocycles. The Morgan fingerprint density at radius 2 is 2.17 bits per heavy atom. The zero-order valence-electron chi connectivity index (χ0n) is 9.76. The third-order valence-electron chi connectivity index (χ3n) is 2.25. The summed E-state index contributed by atoms with van der Waals surface area (Å²) in [6.45, 7) is 1.78. The normalized spacial score (nSPS) is 13.2. The van der Waals surface area contributed by atoms with Crippen molar-refractivity contribution in [1.82, 2.24) is 4.72 Å². The van der Waals surface area contributed by atoms with E-state index in [1.807, 2.05) is 0 Å². The average molecular weight is 336 g/mol. The SMILES string of the molecule is CC(CNS(=O)(=O)c1cccc(Br)c1)CC(=O)O. The fraction of sp³-hybridized carbons (Fsp3) is 0.364. The van der Waals surface area contributed by atoms with E-state index >= 15 is 0 Å². The highest BCUT2D eigenvalue weighted by Gasteiger charge is 2.16. The van der Waals surface area contributed by atoms with Gasteiger partial charge in [-0.2, -0.15) is 0 Å². The van der Waals surface area contributed by atoms with Crippen LogP contribution in [-0.4, -0.2) is 26.0 Å². The lowest BCUT2D eigenvalue weighted by Gasteiger charge is -2.11. The summed E-state index contributed by atoms with van der Waals surface area (Å²) in [4.78, 5) is 10.6. The van der Waals surface area contributed by atoms with Crippen LogP contribution in [0.5, 0.6) is 0 Å². The standard InChI is InChI=1S/C11H14BrNO4S/c1-8(5-11(14)15)7-13-18(16,17)10-4-2-3-9(12)6-10/h2-4,6,8,13H,5,7H2,1H3,(H,14,15). The van der Waals surface area contributed by atoms with Crippen molar-refractivity contribution < 1.29 is 18.3 Å². The van der Waals surface area contributed by atoms with Gasteiger partial charge in [-0.15, -0.1) is 0 Å². The van der Waals surface area contributed by atoms with Crippen molar-refractivity contribution in [2.75, 3.05) is 6.54 Å². The molecule has 0 bridgehead atoms. The molecule has 0 amide bonds. The van der Waals surface area contributed by atoms with Crippen molar-refractivity contribution in [3.63, 3.8) is 0 Å². The van der Waals surface area contributed by atoms with Gasteiger partial charge in [-0.1, -0.05) is 28.9 Å². The molecular weight excluding hydrogens is 322 g/mol. The summed E-state index contributed by atoms with van der Waals surface area (Å²) in [6.07, 6.45) is -0.0684. The molecule has 0 saturated heterocycles. The Labute approximate surface area is 114 Å². The van der Waals surface area contributed by atoms with Gasteiger partial charge in [0.1, 0.15) is 0 Å². The highest BCUT2D eigenvalue weighted by Crippen LogP contribution is 2.16. The molecule has 0 aliphatic rings. The fourth-order valence-corrected chi connectivity index (χ4v) is 3.10. The van der Waals surface area contributed by atoms with Gasteiger partial charge in [-0.3, -0.25) is 4.79 Å². The minimum absolute atomic E-state index is 0.0684. The molecule has 1 rings (SSSR count). The number of sulfonamides is 1. The molecule has 0 radical (unpaired) electrons. The van der Waals surface area contributed by atoms with Crippen molar-refractivity contribution in [3.8, 4) is 0 Å². The van der Waals surface area contributed by atoms with Gasteiger partial charge < -0.3 is 5.11 Å². The smallest absolute Gasteiger partial charge is 0.303 e. The van der Waals surface area contributed by atoms with Crippen LogP contribution >= 0.6 is 15.9 Å². The molecule has 18 heavy (non-hydrogen) atoms. The fourth-order valence-electron chi connectivity index (χ4n) is 1.34. The van der Waals surface area contributed by atoms with Gasteiger partial charge in [-0.05, 0) is 24.1 Å². The Morgan fingerprint density at radius 1 is 1.50 bits per heavy atom. The van der Waals surface area contributed by atoms with Gasteiger partial charge in [0.25, 0.3) is 0 Å². The molecule has 0 aliphatic carbocycles. The summed E-state index contributed by atoms with van der Waals surface area (Å²) in [5.74, 6) is -1.20. The molecule has 0 fully saturated rings. The van der Waals surface area contributed by atoms with Crippen molar-refractivity contribution in [2.45, 2.75) is 18.2 Å². The Hall–Kier alpha value is -0.920. The summed E-state index contributed by atoms with van der Waals surface area (Å²) >= 11 is 3.20. The second-order valence-electron chi connectivity index (χ2n) is 4.01. The topological polar surface area (TPSA) is 83.5 Å². The molecule has 0 aliphatic heterocycles. The maximum absolute atomic E-state index is 11.9. The summed E-state index contributed by atoms with van der Waals surface area (Å²) < 4.78 is 26.9. The number of rotatable bonds is 6. The number of hydrogen-bond donors (Lipinski definition) is 2. The van der Waals surface area contributed by atoms with E-state index in [4.69, 9.17) is 5.11 Å². The summed E-state index contributed by atoms with van der Waals surface area (Å²) in [6, 6.07) is 6.32. The average Bonchev–Trinajstić information content (AvgIpc) is 2.26. The van der Waals surface area contributed by atoms with Crippen LogP contribution < -0.4 is 4.72 Å². The van der Waals surface area contributed by atoms with Crippen LogP contribution in [-0.2, 0) is 14.8 Å². The highest BCUT2D eigenvalue weighted by atomic mass is 79.9. The third-order valence-corrected chi connectivity index (χ3v) is 4.17. The van der Waals surface area contributed by atoms with E-state index in [9.17, 15) is 13.2 Å². The Kier molecular flexibility index (Phi) is 5.30. The first-order valence-corrected chi connectivity index (χ1v) is 7.56. The van der Waals surface area contributed by atoms with Gasteiger partial charge in [0.05, 0.1) is 4.90 Å². The number of carbonyl (C=O) groups is 1. The Morgan fingerprint density at radius 3 is 2.72 bits per heavy atom. The Bertz CT molecular complexity index is 530. The van der Waals surface area contributed by atoms with E-state index < -0.39 is 16.0 Å². The number of hydrogen-bond acceptors (Lipinski definition) is 3. The van der Waals surface area contributed by atoms with Crippen LogP contribution in [0.1, 0.15) is 13.3 Å². The number of benzene rings is 1. The molecule has 1 atom stereocenters. The van der Waals surface area contributed by atoms with Gasteiger partial charge in [0.2, 0.25) is 10.0 Å². The molecule has 0 spiro atoms. The number of nitrogens with one attached hydrogen (secondary N) is 1. The summed E-state index contributed by atoms with van der Waals surface area (Å²) in [5.41, 5.74) is 0. The second kappa shape index (κ2) is 6.31. The zero-order valence-corrected chi connectivity index (χ0v) is 12.2. The predicted molar refractivity (Wildman–Crippen MR) is 70.7 cm³/mol. The van der Waals surface area contributed by atoms with Crippen LogP contribution in [0.25, 0.3) is 0 Å². The van der Waals surface area contributed by atoms with E-state index in [0.717, 1.165) is 0 Å². The van der Waals surface area contributed by atoms with Gasteiger partial charge in [-0.25, -0.2) is 13.1 Å². The monoisotopic (exact) mass is 335 g/mol. The molecule has 100 valence electrons.